The molecule has 492 valence electrons. The number of ether oxygens (including phenoxy) is 1. The molecule has 0 fully saturated rings. The molecular weight excluding hydrogens is 1420 g/mol. The molecule has 101 heavy (non-hydrogen) atoms. The fourth-order valence-corrected chi connectivity index (χ4v) is 17.0. The molecule has 0 amide bonds. The van der Waals surface area contributed by atoms with Gasteiger partial charge in [0.15, 0.2) is 8.07 Å². The molecule has 16 aromatic rings. The molecule has 1 aliphatic rings. The summed E-state index contributed by atoms with van der Waals surface area (Å²) in [6.45, 7) is 5.88. The fourth-order valence-electron chi connectivity index (χ4n) is 13.4. The number of rotatable bonds is 11. The van der Waals surface area contributed by atoms with Gasteiger partial charge in [0, 0.05) is 52.5 Å². The fraction of sp³-hybridized carbons (Fsp3) is 0.106. The largest absolute Gasteiger partial charge is 0.510 e. The first-order chi connectivity index (χ1) is 62.3. The number of imidazole rings is 1. The molecule has 3 aromatic heterocycles. The average Bonchev–Trinajstić information content (AvgIpc) is 0.805. The van der Waals surface area contributed by atoms with Gasteiger partial charge in [0.05, 0.1) is 53.7 Å². The van der Waals surface area contributed by atoms with Crippen LogP contribution in [0.15, 0.2) is 303 Å². The Kier molecular flexibility index (Phi) is 9.49. The van der Waals surface area contributed by atoms with Crippen molar-refractivity contribution in [2.45, 2.75) is 66.1 Å². The molecule has 0 saturated heterocycles. The van der Waals surface area contributed by atoms with E-state index < -0.39 is 261 Å². The summed E-state index contributed by atoms with van der Waals surface area (Å²) in [6.07, 6.45) is 5.19. The van der Waals surface area contributed by atoms with Crippen LogP contribution in [-0.4, -0.2) is 22.2 Å². The number of para-hydroxylation sites is 1. The van der Waals surface area contributed by atoms with Gasteiger partial charge in [0.1, 0.15) is 5.82 Å². The quantitative estimate of drug-likeness (QED) is 0.0560. The Morgan fingerprint density at radius 1 is 0.455 bits per heavy atom. The zero-order chi connectivity index (χ0) is 96.5. The molecule has 0 atom stereocenters. The first kappa shape index (κ1) is 37.4. The first-order valence-electron chi connectivity index (χ1n) is 48.5. The molecule has 0 saturated carbocycles. The van der Waals surface area contributed by atoms with E-state index in [0.29, 0.717) is 11.3 Å². The van der Waals surface area contributed by atoms with Crippen LogP contribution in [0, 0.1) is 32.2 Å². The van der Waals surface area contributed by atoms with Crippen LogP contribution in [-0.2, 0) is 31.9 Å². The predicted octanol–water partition coefficient (Wildman–Crippen LogP) is 20.5. The van der Waals surface area contributed by atoms with E-state index in [4.69, 9.17) is 22.1 Å². The molecule has 5 nitrogen and oxygen atoms in total. The Hall–Kier alpha value is -11.0. The summed E-state index contributed by atoms with van der Waals surface area (Å²) in [5, 5.41) is -3.02. The molecule has 1 aliphatic heterocycles. The summed E-state index contributed by atoms with van der Waals surface area (Å²) >= 11 is 0. The molecule has 4 heterocycles. The summed E-state index contributed by atoms with van der Waals surface area (Å²) in [6, 6.07) is 11.5. The van der Waals surface area contributed by atoms with Crippen molar-refractivity contribution in [2.75, 3.05) is 0 Å². The van der Waals surface area contributed by atoms with Crippen LogP contribution >= 0.6 is 0 Å². The summed E-state index contributed by atoms with van der Waals surface area (Å²) in [5.41, 5.74) is -4.35. The molecule has 13 aromatic carbocycles. The Bertz CT molecular complexity index is 7540. The predicted molar refractivity (Wildman–Crippen MR) is 417 cm³/mol. The number of hydrogen-bond donors (Lipinski definition) is 0. The smallest absolute Gasteiger partial charge is 0.268 e. The second-order valence-corrected chi connectivity index (χ2v) is 29.7. The Balaban J connectivity index is 0.0000131. The third kappa shape index (κ3) is 11.2. The van der Waals surface area contributed by atoms with Gasteiger partial charge < -0.3 is 13.9 Å². The normalized spacial score (nSPS) is 17.0. The molecule has 0 N–H and O–H groups in total. The second kappa shape index (κ2) is 25.6. The van der Waals surface area contributed by atoms with Crippen LogP contribution in [0.5, 0.6) is 11.5 Å². The van der Waals surface area contributed by atoms with Crippen LogP contribution in [0.1, 0.15) is 109 Å². The number of pyridine rings is 1. The number of fused-ring (bicyclic) bond motifs is 10. The third-order valence-electron chi connectivity index (χ3n) is 18.2. The topological polar surface area (TPSA) is 35.9 Å². The minimum Gasteiger partial charge on any atom is -0.510 e. The maximum absolute atomic E-state index is 11.2. The SMILES string of the molecule is [2H]c1c([2H])c([2H])c([Si](c2c([2H])c([2H])c([2H])c([2H])c2[2H])(c2c([2H])c([2H])c([2H])c([2H])c2[2H])c2c([2H])c([2H])c([2H])c(-c3cc4c5c(c3)n(-c3[c-]c(Oc6[c-]c7c(cc6)c6ccccc6n7-c6cc(C(C)(C)C)ccn6)ccc3)[c-][n+]5-c3c(-c5ccc(C(C)(C)C)cc5)cc(-c5c(C([2H])([2H])[2H])cccc5C([2H])([2H])[2H])cc3-c3c([2H])c([2H])c([2H])c([2H])c3-c3c([2H])c([2H])c([2H])c([2H])c3-4)c2[2H])c([2H])c1[2H].[Pt]. The first-order valence-corrected chi connectivity index (χ1v) is 34.0. The van der Waals surface area contributed by atoms with Gasteiger partial charge in [0.25, 0.3) is 6.33 Å². The van der Waals surface area contributed by atoms with E-state index in [2.05, 4.69) is 39.2 Å². The standard InChI is InChI=1S/C94H74N4OSi.Pt/c1-62-27-24-28-63(2)90(62)67-55-83(64-45-47-68(48-46-64)93(3,4)5)91-84(56-67)79-41-20-18-39-77(79)78-40-19-21-42-80(78)85-54-66(65-29-25-38-76(53-65)100(73-32-12-9-13-33-73,74-34-14-10-15-35-74)75-36-16-11-17-37-75)57-88-92(85)97(91)61-96(88)70-30-26-31-71(59-70)99-72-49-50-82-81-43-22-23-44-86(81)98(87(82)60-72)89-58-69(51-52-95-89)94(6,7)8;/h9-58H,1-8H3;/q-2;/i1D3,2D3,9D,10D,11D,12D,13D,14D,15D,16D,17D,18D,19D,20D,21D,25D,29D,32D,33D,34D,35D,36D,37D,38D,39D,40D,41D,42D,53D;. The van der Waals surface area contributed by atoms with E-state index in [0.717, 1.165) is 33.5 Å². The number of aryl methyl sites for hydroxylation is 2. The zero-order valence-corrected chi connectivity index (χ0v) is 58.1. The average molecular weight is 1530 g/mol. The molecule has 0 aliphatic carbocycles. The molecular formula is C94H74N4OPtSi-2. The minimum absolute atomic E-state index is 0. The van der Waals surface area contributed by atoms with Crippen molar-refractivity contribution in [1.82, 2.24) is 14.1 Å². The zero-order valence-electron chi connectivity index (χ0n) is 87.8. The van der Waals surface area contributed by atoms with E-state index in [1.807, 2.05) is 67.8 Å². The molecule has 0 bridgehead atoms. The van der Waals surface area contributed by atoms with Crippen LogP contribution in [0.3, 0.4) is 0 Å². The third-order valence-corrected chi connectivity index (χ3v) is 22.2. The molecule has 0 radical (unpaired) electrons. The van der Waals surface area contributed by atoms with Gasteiger partial charge in [-0.05, 0) is 182 Å². The number of aromatic nitrogens is 4. The van der Waals surface area contributed by atoms with Crippen molar-refractivity contribution in [3.05, 3.63) is 344 Å². The van der Waals surface area contributed by atoms with Gasteiger partial charge in [-0.3, -0.25) is 4.57 Å². The van der Waals surface area contributed by atoms with Gasteiger partial charge >= 0.3 is 0 Å². The molecule has 0 spiro atoms. The summed E-state index contributed by atoms with van der Waals surface area (Å²) in [7, 11) is -6.62. The van der Waals surface area contributed by atoms with Gasteiger partial charge in [-0.15, -0.1) is 29.7 Å². The van der Waals surface area contributed by atoms with E-state index in [-0.39, 0.29) is 88.2 Å². The van der Waals surface area contributed by atoms with E-state index in [9.17, 15) is 32.9 Å². The van der Waals surface area contributed by atoms with Crippen LogP contribution < -0.4 is 30.1 Å². The van der Waals surface area contributed by atoms with Crippen molar-refractivity contribution in [3.63, 3.8) is 0 Å². The van der Waals surface area contributed by atoms with Crippen LogP contribution in [0.4, 0.5) is 0 Å². The van der Waals surface area contributed by atoms with E-state index in [1.54, 1.807) is 48.7 Å². The Labute approximate surface area is 654 Å². The van der Waals surface area contributed by atoms with Gasteiger partial charge in [-0.2, -0.15) is 18.2 Å². The number of nitrogens with zero attached hydrogens (tertiary/aromatic N) is 4. The van der Waals surface area contributed by atoms with Crippen LogP contribution in [0.25, 0.3) is 117 Å². The van der Waals surface area contributed by atoms with Crippen molar-refractivity contribution >= 4 is 61.7 Å². The summed E-state index contributed by atoms with van der Waals surface area (Å²) in [4.78, 5) is 4.85. The summed E-state index contributed by atoms with van der Waals surface area (Å²) in [5.74, 6) is 0.650. The number of hydrogen-bond acceptors (Lipinski definition) is 2. The van der Waals surface area contributed by atoms with Crippen molar-refractivity contribution < 1.29 is 75.6 Å². The maximum Gasteiger partial charge on any atom is 0.268 e. The van der Waals surface area contributed by atoms with E-state index in [1.165, 1.54) is 51.6 Å². The Morgan fingerprint density at radius 3 is 1.67 bits per heavy atom. The molecule has 0 unspecified atom stereocenters. The van der Waals surface area contributed by atoms with Gasteiger partial charge in [-0.1, -0.05) is 277 Å². The maximum atomic E-state index is 11.2. The Morgan fingerprint density at radius 2 is 1.03 bits per heavy atom. The molecule has 17 rings (SSSR count). The minimum atomic E-state index is -6.62. The van der Waals surface area contributed by atoms with Gasteiger partial charge in [-0.25, -0.2) is 4.98 Å². The van der Waals surface area contributed by atoms with E-state index >= 15 is 0 Å². The van der Waals surface area contributed by atoms with Crippen molar-refractivity contribution in [3.8, 4) is 95.5 Å². The van der Waals surface area contributed by atoms with Crippen LogP contribution in [0.2, 0.25) is 0 Å². The van der Waals surface area contributed by atoms with Gasteiger partial charge in [0.2, 0.25) is 0 Å². The van der Waals surface area contributed by atoms with Crippen molar-refractivity contribution in [2.24, 2.45) is 0 Å². The van der Waals surface area contributed by atoms with Crippen molar-refractivity contribution in [1.29, 1.82) is 0 Å². The second-order valence-electron chi connectivity index (χ2n) is 26.2. The summed E-state index contributed by atoms with van der Waals surface area (Å²) < 4.78 is 331. The monoisotopic (exact) mass is 1530 g/mol. The molecule has 7 heteroatoms. The number of benzene rings is 13.